The normalized spacial score (nSPS) is 12.8. The Hall–Kier alpha value is -8.99. The van der Waals surface area contributed by atoms with E-state index in [1.165, 1.54) is 36.5 Å². The third kappa shape index (κ3) is 20.1. The Kier molecular flexibility index (Phi) is 26.1. The molecule has 0 radical (unpaired) electrons. The molecule has 6 aromatic carbocycles. The standard InChI is InChI=1S/2C20H26I.2C15H5N4.C2H4O2.H3N/c2*1-19(2,3)15-7-11-17(12-8-15)21-18-13-9-16(10-14-18)20(4,5)6;2*1-18-14(8-16)12-7-13(15(9-17)19-2)11-6-4-3-5-10(11)12;1-2(3)4;/h2*7-14H,1-6H3;2*3-7H;1H3,(H,3,4);1H3/q-1;+1;2*-1;;/p-1/b;;2*14-12-;;. The molecule has 0 aliphatic heterocycles. The van der Waals surface area contributed by atoms with E-state index >= 15 is 0 Å². The number of rotatable bonds is 6. The molecule has 0 atom stereocenters. The van der Waals surface area contributed by atoms with Crippen LogP contribution in [-0.4, -0.2) is 17.7 Å². The zero-order valence-electron chi connectivity index (χ0n) is 50.4. The number of carbonyl (C=O) groups is 1. The van der Waals surface area contributed by atoms with E-state index in [4.69, 9.17) is 57.5 Å². The van der Waals surface area contributed by atoms with Gasteiger partial charge in [-0.1, -0.05) is 126 Å². The molecule has 13 heteroatoms. The summed E-state index contributed by atoms with van der Waals surface area (Å²) < 4.78 is 5.96. The maximum atomic E-state index is 8.97. The summed E-state index contributed by atoms with van der Waals surface area (Å²) in [5.41, 5.74) is 11.2. The number of fused-ring (bicyclic) bond motifs is 2. The Balaban J connectivity index is 0.000000289. The third-order valence-corrected chi connectivity index (χ3v) is 18.1. The van der Waals surface area contributed by atoms with E-state index in [-0.39, 0.29) is 93.0 Å². The Morgan fingerprint density at radius 2 is 0.729 bits per heavy atom. The van der Waals surface area contributed by atoms with Crippen LogP contribution >= 0.6 is 0 Å². The predicted octanol–water partition coefficient (Wildman–Crippen LogP) is 10.3. The summed E-state index contributed by atoms with van der Waals surface area (Å²) >= 11 is -0.141. The number of nitrogens with zero attached hydrogens (tertiary/aromatic N) is 8. The van der Waals surface area contributed by atoms with Crippen LogP contribution in [0.4, 0.5) is 0 Å². The summed E-state index contributed by atoms with van der Waals surface area (Å²) in [5.74, 6) is 2.60. The molecule has 0 bridgehead atoms. The van der Waals surface area contributed by atoms with Crippen LogP contribution in [0.2, 0.25) is 0 Å². The van der Waals surface area contributed by atoms with Gasteiger partial charge in [0.1, 0.15) is 0 Å². The Bertz CT molecular complexity index is 3490. The molecule has 0 amide bonds. The maximum absolute atomic E-state index is 8.97. The maximum Gasteiger partial charge on any atom is 0.269 e. The summed E-state index contributed by atoms with van der Waals surface area (Å²) in [7, 11) is 0. The van der Waals surface area contributed by atoms with E-state index in [0.29, 0.717) is 44.5 Å². The minimum Gasteiger partial charge on any atom is -0.775 e. The number of nitriles is 2. The zero-order chi connectivity index (χ0) is 62.6. The summed E-state index contributed by atoms with van der Waals surface area (Å²) in [6.07, 6.45) is 3.13. The second-order valence-electron chi connectivity index (χ2n) is 23.0. The van der Waals surface area contributed by atoms with Crippen molar-refractivity contribution in [1.29, 1.82) is 10.5 Å². The van der Waals surface area contributed by atoms with Gasteiger partial charge in [-0.3, -0.25) is 11.7 Å². The average molecular weight is 1350 g/mol. The number of carboxylic acid groups (broad SMARTS) is 1. The summed E-state index contributed by atoms with van der Waals surface area (Å²) in [4.78, 5) is 21.6. The van der Waals surface area contributed by atoms with Crippen molar-refractivity contribution < 1.29 is 52.3 Å². The second kappa shape index (κ2) is 31.6. The Morgan fingerprint density at radius 3 is 0.953 bits per heavy atom. The molecule has 6 aromatic rings. The molecule has 430 valence electrons. The first kappa shape index (κ1) is 70.3. The number of carbonyl (C=O) groups excluding carboxylic acids is 1. The van der Waals surface area contributed by atoms with Gasteiger partial charge in [-0.05, 0) is 97.7 Å². The van der Waals surface area contributed by atoms with Gasteiger partial charge in [0.2, 0.25) is 11.4 Å². The van der Waals surface area contributed by atoms with E-state index in [0.717, 1.165) is 6.92 Å². The smallest absolute Gasteiger partial charge is 0.269 e. The van der Waals surface area contributed by atoms with Crippen LogP contribution in [0, 0.1) is 63.2 Å². The number of benzene rings is 6. The summed E-state index contributed by atoms with van der Waals surface area (Å²) in [6.45, 7) is 56.2. The summed E-state index contributed by atoms with van der Waals surface area (Å²) in [5, 5.41) is 44.8. The molecule has 11 nitrogen and oxygen atoms in total. The number of allylic oxidation sites excluding steroid dienone is 8. The van der Waals surface area contributed by atoms with Crippen LogP contribution in [0.15, 0.2) is 181 Å². The van der Waals surface area contributed by atoms with Gasteiger partial charge >= 0.3 is 162 Å². The molecule has 2 aliphatic carbocycles. The van der Waals surface area contributed by atoms with Gasteiger partial charge in [-0.25, -0.2) is 29.9 Å². The van der Waals surface area contributed by atoms with Gasteiger partial charge in [0, 0.05) is 5.97 Å². The SMILES string of the molecule is CC(=O)[O-].CC(C)(C)c1ccc([I+]c2ccc(C(C)(C)C)cc2)cc1.CC(C)(C)c1ccc([I-]c2ccc(C(C)(C)C)cc2)cc1.N.[C-]#[N+]C(=C=[N-])C1=C/C(=C(\C#N)[N+]#[C-])c2ccccc21.[C-]#[N+]C(=C=[N-])C1=C/C(=C(\C#N)[N+]#[C-])c2ccccc21. The van der Waals surface area contributed by atoms with Crippen LogP contribution < -0.4 is 53.7 Å². The minimum absolute atomic E-state index is 0. The van der Waals surface area contributed by atoms with Crippen molar-refractivity contribution in [3.05, 3.63) is 296 Å². The molecular weight excluding hydrogens is 1280 g/mol. The monoisotopic (exact) mass is 1340 g/mol. The molecule has 0 heterocycles. The molecule has 0 saturated heterocycles. The molecule has 3 N–H and O–H groups in total. The van der Waals surface area contributed by atoms with Crippen LogP contribution in [0.5, 0.6) is 0 Å². The first-order chi connectivity index (χ1) is 39.6. The molecule has 0 unspecified atom stereocenters. The third-order valence-electron chi connectivity index (χ3n) is 12.8. The molecule has 85 heavy (non-hydrogen) atoms. The molecule has 0 spiro atoms. The van der Waals surface area contributed by atoms with Gasteiger partial charge in [0.15, 0.2) is 7.14 Å². The number of halogens is 2. The van der Waals surface area contributed by atoms with Crippen molar-refractivity contribution in [3.63, 3.8) is 0 Å². The van der Waals surface area contributed by atoms with Crippen LogP contribution in [0.25, 0.3) is 52.5 Å². The van der Waals surface area contributed by atoms with Gasteiger partial charge in [0.25, 0.3) is 11.4 Å². The van der Waals surface area contributed by atoms with Crippen molar-refractivity contribution in [3.8, 4) is 12.1 Å². The van der Waals surface area contributed by atoms with Crippen molar-refractivity contribution in [1.82, 2.24) is 6.15 Å². The molecular formula is C72H68I2N9O2-3. The van der Waals surface area contributed by atoms with Crippen molar-refractivity contribution in [2.45, 2.75) is 112 Å². The summed E-state index contributed by atoms with van der Waals surface area (Å²) in [6, 6.07) is 54.7. The predicted molar refractivity (Wildman–Crippen MR) is 335 cm³/mol. The van der Waals surface area contributed by atoms with Crippen molar-refractivity contribution in [2.24, 2.45) is 0 Å². The number of carboxylic acids is 1. The van der Waals surface area contributed by atoms with E-state index in [1.807, 2.05) is 23.9 Å². The fraction of sp³-hybridized carbons (Fsp3) is 0.236. The number of hydrogen-bond donors (Lipinski definition) is 1. The van der Waals surface area contributed by atoms with Crippen molar-refractivity contribution >= 4 is 40.0 Å². The van der Waals surface area contributed by atoms with Crippen molar-refractivity contribution in [2.75, 3.05) is 0 Å². The van der Waals surface area contributed by atoms with Gasteiger partial charge < -0.3 is 26.9 Å². The molecule has 0 aromatic heterocycles. The molecule has 0 fully saturated rings. The quantitative estimate of drug-likeness (QED) is 0.0752. The Labute approximate surface area is 524 Å². The topological polar surface area (TPSA) is 185 Å². The van der Waals surface area contributed by atoms with Crippen LogP contribution in [0.3, 0.4) is 0 Å². The van der Waals surface area contributed by atoms with E-state index in [2.05, 4.69) is 200 Å². The number of aliphatic carboxylic acids is 1. The van der Waals surface area contributed by atoms with Crippen LogP contribution in [-0.2, 0) is 26.5 Å². The van der Waals surface area contributed by atoms with E-state index in [1.54, 1.807) is 60.7 Å². The minimum atomic E-state index is -1.08. The van der Waals surface area contributed by atoms with Gasteiger partial charge in [0.05, 0.1) is 38.4 Å². The second-order valence-corrected chi connectivity index (χ2v) is 29.1. The molecule has 8 rings (SSSR count). The van der Waals surface area contributed by atoms with E-state index in [9.17, 15) is 0 Å². The number of hydrogen-bond acceptors (Lipinski definition) is 5. The Morgan fingerprint density at radius 1 is 0.471 bits per heavy atom. The fourth-order valence-electron chi connectivity index (χ4n) is 8.17. The zero-order valence-corrected chi connectivity index (χ0v) is 54.7. The first-order valence-electron chi connectivity index (χ1n) is 26.4. The largest absolute Gasteiger partial charge is 0.775 e. The first-order valence-corrected chi connectivity index (χ1v) is 30.8. The van der Waals surface area contributed by atoms with E-state index < -0.39 is 5.97 Å². The average Bonchev–Trinajstić information content (AvgIpc) is 2.44. The molecule has 0 saturated carbocycles. The van der Waals surface area contributed by atoms with Gasteiger partial charge in [-0.15, -0.1) is 0 Å². The molecule has 2 aliphatic rings. The van der Waals surface area contributed by atoms with Gasteiger partial charge in [-0.2, -0.15) is 0 Å². The fourth-order valence-corrected chi connectivity index (χ4v) is 12.5. The van der Waals surface area contributed by atoms with Crippen LogP contribution in [0.1, 0.15) is 135 Å².